The molecule has 1 saturated carbocycles. The van der Waals surface area contributed by atoms with Crippen molar-refractivity contribution in [2.24, 2.45) is 0 Å². The van der Waals surface area contributed by atoms with Gasteiger partial charge in [0.05, 0.1) is 5.52 Å². The maximum Gasteiger partial charge on any atom is 0.161 e. The number of fused-ring (bicyclic) bond motifs is 1. The van der Waals surface area contributed by atoms with E-state index in [0.717, 1.165) is 37.2 Å². The average molecular weight is 290 g/mol. The van der Waals surface area contributed by atoms with Crippen LogP contribution in [0.3, 0.4) is 0 Å². The van der Waals surface area contributed by atoms with Crippen LogP contribution in [0, 0.1) is 11.6 Å². The predicted octanol–water partition coefficient (Wildman–Crippen LogP) is 4.99. The molecule has 0 amide bonds. The van der Waals surface area contributed by atoms with Gasteiger partial charge in [0, 0.05) is 35.3 Å². The number of benzene rings is 1. The summed E-state index contributed by atoms with van der Waals surface area (Å²) >= 11 is 0. The van der Waals surface area contributed by atoms with Gasteiger partial charge < -0.3 is 5.32 Å². The molecule has 3 rings (SSSR count). The molecular weight excluding hydrogens is 270 g/mol. The molecule has 4 heteroatoms. The molecule has 2 nitrogen and oxygen atoms in total. The molecule has 2 aromatic rings. The zero-order chi connectivity index (χ0) is 14.8. The van der Waals surface area contributed by atoms with Gasteiger partial charge in [-0.3, -0.25) is 4.98 Å². The second kappa shape index (κ2) is 5.96. The quantitative estimate of drug-likeness (QED) is 0.857. The van der Waals surface area contributed by atoms with E-state index in [0.29, 0.717) is 16.8 Å². The summed E-state index contributed by atoms with van der Waals surface area (Å²) in [5.74, 6) is -1.21. The summed E-state index contributed by atoms with van der Waals surface area (Å²) in [5, 5.41) is 3.98. The molecule has 0 aliphatic heterocycles. The Morgan fingerprint density at radius 1 is 1.14 bits per heavy atom. The third-order valence-electron chi connectivity index (χ3n) is 4.21. The second-order valence-corrected chi connectivity index (χ2v) is 5.79. The Morgan fingerprint density at radius 3 is 2.57 bits per heavy atom. The molecular formula is C17H20F2N2. The van der Waals surface area contributed by atoms with E-state index < -0.39 is 11.6 Å². The molecule has 1 N–H and O–H groups in total. The van der Waals surface area contributed by atoms with E-state index >= 15 is 0 Å². The van der Waals surface area contributed by atoms with Crippen LogP contribution in [0.2, 0.25) is 0 Å². The zero-order valence-corrected chi connectivity index (χ0v) is 12.3. The SMILES string of the molecule is CCCNc1cc(C2CCCC2)nc2cc(F)c(F)cc12. The van der Waals surface area contributed by atoms with Gasteiger partial charge in [-0.05, 0) is 31.4 Å². The highest BCUT2D eigenvalue weighted by Gasteiger charge is 2.20. The van der Waals surface area contributed by atoms with Crippen LogP contribution in [0.15, 0.2) is 18.2 Å². The highest BCUT2D eigenvalue weighted by atomic mass is 19.2. The van der Waals surface area contributed by atoms with Crippen LogP contribution in [0.4, 0.5) is 14.5 Å². The van der Waals surface area contributed by atoms with Crippen LogP contribution in [-0.4, -0.2) is 11.5 Å². The van der Waals surface area contributed by atoms with Gasteiger partial charge in [-0.2, -0.15) is 0 Å². The Hall–Kier alpha value is -1.71. The summed E-state index contributed by atoms with van der Waals surface area (Å²) in [6.45, 7) is 2.89. The van der Waals surface area contributed by atoms with Crippen molar-refractivity contribution in [2.75, 3.05) is 11.9 Å². The van der Waals surface area contributed by atoms with E-state index in [2.05, 4.69) is 17.2 Å². The van der Waals surface area contributed by atoms with Gasteiger partial charge in [-0.15, -0.1) is 0 Å². The minimum absolute atomic E-state index is 0.449. The summed E-state index contributed by atoms with van der Waals surface area (Å²) < 4.78 is 27.0. The highest BCUT2D eigenvalue weighted by molar-refractivity contribution is 5.91. The number of hydrogen-bond donors (Lipinski definition) is 1. The summed E-state index contributed by atoms with van der Waals surface area (Å²) in [7, 11) is 0. The van der Waals surface area contributed by atoms with Crippen molar-refractivity contribution in [1.82, 2.24) is 4.98 Å². The molecule has 0 unspecified atom stereocenters. The van der Waals surface area contributed by atoms with Crippen molar-refractivity contribution >= 4 is 16.6 Å². The van der Waals surface area contributed by atoms with Gasteiger partial charge in [-0.1, -0.05) is 19.8 Å². The second-order valence-electron chi connectivity index (χ2n) is 5.79. The Balaban J connectivity index is 2.11. The number of aromatic nitrogens is 1. The lowest BCUT2D eigenvalue weighted by Crippen LogP contribution is -2.05. The number of anilines is 1. The van der Waals surface area contributed by atoms with E-state index in [9.17, 15) is 8.78 Å². The van der Waals surface area contributed by atoms with Crippen molar-refractivity contribution < 1.29 is 8.78 Å². The first-order chi connectivity index (χ1) is 10.2. The van der Waals surface area contributed by atoms with Crippen LogP contribution in [0.25, 0.3) is 10.9 Å². The molecule has 1 aliphatic carbocycles. The molecule has 0 bridgehead atoms. The maximum absolute atomic E-state index is 13.5. The van der Waals surface area contributed by atoms with Crippen LogP contribution < -0.4 is 5.32 Å². The fraction of sp³-hybridized carbons (Fsp3) is 0.471. The van der Waals surface area contributed by atoms with Crippen molar-refractivity contribution in [1.29, 1.82) is 0 Å². The van der Waals surface area contributed by atoms with Crippen LogP contribution in [0.5, 0.6) is 0 Å². The lowest BCUT2D eigenvalue weighted by molar-refractivity contribution is 0.510. The normalized spacial score (nSPS) is 15.8. The smallest absolute Gasteiger partial charge is 0.161 e. The number of nitrogens with one attached hydrogen (secondary N) is 1. The molecule has 0 radical (unpaired) electrons. The van der Waals surface area contributed by atoms with Crippen molar-refractivity contribution in [3.63, 3.8) is 0 Å². The average Bonchev–Trinajstić information content (AvgIpc) is 3.00. The van der Waals surface area contributed by atoms with Crippen LogP contribution >= 0.6 is 0 Å². The Kier molecular flexibility index (Phi) is 4.04. The molecule has 0 spiro atoms. The maximum atomic E-state index is 13.5. The molecule has 1 aromatic carbocycles. The minimum atomic E-state index is -0.833. The van der Waals surface area contributed by atoms with Gasteiger partial charge in [0.1, 0.15) is 0 Å². The third-order valence-corrected chi connectivity index (χ3v) is 4.21. The van der Waals surface area contributed by atoms with Gasteiger partial charge in [-0.25, -0.2) is 8.78 Å². The molecule has 21 heavy (non-hydrogen) atoms. The van der Waals surface area contributed by atoms with E-state index in [1.165, 1.54) is 25.0 Å². The van der Waals surface area contributed by atoms with E-state index in [-0.39, 0.29) is 0 Å². The number of hydrogen-bond acceptors (Lipinski definition) is 2. The number of halogens is 2. The lowest BCUT2D eigenvalue weighted by Gasteiger charge is -2.15. The standard InChI is InChI=1S/C17H20F2N2/c1-2-7-20-16-10-15(11-5-3-4-6-11)21-17-9-14(19)13(18)8-12(16)17/h8-11H,2-7H2,1H3,(H,20,21). The first-order valence-corrected chi connectivity index (χ1v) is 7.72. The van der Waals surface area contributed by atoms with Crippen molar-refractivity contribution in [3.05, 3.63) is 35.5 Å². The van der Waals surface area contributed by atoms with Gasteiger partial charge in [0.15, 0.2) is 11.6 Å². The van der Waals surface area contributed by atoms with Gasteiger partial charge in [0.25, 0.3) is 0 Å². The number of rotatable bonds is 4. The predicted molar refractivity (Wildman–Crippen MR) is 81.6 cm³/mol. The molecule has 1 fully saturated rings. The molecule has 112 valence electrons. The number of nitrogens with zero attached hydrogens (tertiary/aromatic N) is 1. The van der Waals surface area contributed by atoms with E-state index in [4.69, 9.17) is 0 Å². The zero-order valence-electron chi connectivity index (χ0n) is 12.3. The third kappa shape index (κ3) is 2.85. The Bertz CT molecular complexity index is 649. The number of pyridine rings is 1. The van der Waals surface area contributed by atoms with Crippen molar-refractivity contribution in [3.8, 4) is 0 Å². The van der Waals surface area contributed by atoms with Crippen molar-refractivity contribution in [2.45, 2.75) is 44.9 Å². The van der Waals surface area contributed by atoms with Gasteiger partial charge in [0.2, 0.25) is 0 Å². The first kappa shape index (κ1) is 14.2. The van der Waals surface area contributed by atoms with Crippen LogP contribution in [0.1, 0.15) is 50.6 Å². The van der Waals surface area contributed by atoms with Crippen LogP contribution in [-0.2, 0) is 0 Å². The van der Waals surface area contributed by atoms with E-state index in [1.54, 1.807) is 0 Å². The molecule has 1 aliphatic rings. The first-order valence-electron chi connectivity index (χ1n) is 7.72. The summed E-state index contributed by atoms with van der Waals surface area (Å²) in [6.07, 6.45) is 5.69. The summed E-state index contributed by atoms with van der Waals surface area (Å²) in [4.78, 5) is 4.58. The molecule has 1 aromatic heterocycles. The summed E-state index contributed by atoms with van der Waals surface area (Å²) in [5.41, 5.74) is 2.41. The summed E-state index contributed by atoms with van der Waals surface area (Å²) in [6, 6.07) is 4.47. The lowest BCUT2D eigenvalue weighted by atomic mass is 10.0. The minimum Gasteiger partial charge on any atom is -0.384 e. The fourth-order valence-electron chi connectivity index (χ4n) is 3.08. The fourth-order valence-corrected chi connectivity index (χ4v) is 3.08. The highest BCUT2D eigenvalue weighted by Crippen LogP contribution is 2.36. The molecule has 0 saturated heterocycles. The topological polar surface area (TPSA) is 24.9 Å². The Labute approximate surface area is 123 Å². The molecule has 0 atom stereocenters. The monoisotopic (exact) mass is 290 g/mol. The van der Waals surface area contributed by atoms with Gasteiger partial charge >= 0.3 is 0 Å². The molecule has 1 heterocycles. The van der Waals surface area contributed by atoms with E-state index in [1.807, 2.05) is 6.07 Å². The largest absolute Gasteiger partial charge is 0.384 e. The Morgan fingerprint density at radius 2 is 1.86 bits per heavy atom.